The van der Waals surface area contributed by atoms with Gasteiger partial charge in [0.05, 0.1) is 12.8 Å². The predicted molar refractivity (Wildman–Crippen MR) is 114 cm³/mol. The van der Waals surface area contributed by atoms with Crippen LogP contribution in [0, 0.1) is 5.92 Å². The molecule has 0 bridgehead atoms. The first-order valence-corrected chi connectivity index (χ1v) is 13.2. The molecule has 0 aromatic heterocycles. The van der Waals surface area contributed by atoms with Crippen molar-refractivity contribution >= 4 is 13.3 Å². The van der Waals surface area contributed by atoms with Gasteiger partial charge in [-0.1, -0.05) is 77.2 Å². The summed E-state index contributed by atoms with van der Waals surface area (Å²) in [5.74, 6) is -0.612. The monoisotopic (exact) mass is 400 g/mol. The predicted octanol–water partition coefficient (Wildman–Crippen LogP) is 7.03. The molecule has 27 heavy (non-hydrogen) atoms. The van der Waals surface area contributed by atoms with E-state index in [1.54, 1.807) is 0 Å². The van der Waals surface area contributed by atoms with Crippen molar-refractivity contribution in [2.75, 3.05) is 18.9 Å². The summed E-state index contributed by atoms with van der Waals surface area (Å²) in [5, 5.41) is 9.60. The smallest absolute Gasteiger partial charge is 0.331 e. The zero-order valence-corrected chi connectivity index (χ0v) is 18.5. The molecular weight excluding hydrogens is 359 g/mol. The Labute approximate surface area is 166 Å². The summed E-state index contributed by atoms with van der Waals surface area (Å²) in [6, 6.07) is 0. The van der Waals surface area contributed by atoms with Gasteiger partial charge in [-0.05, 0) is 32.1 Å². The van der Waals surface area contributed by atoms with E-state index >= 15 is 0 Å². The Kier molecular flexibility index (Phi) is 13.0. The van der Waals surface area contributed by atoms with Crippen LogP contribution in [0.2, 0.25) is 0 Å². The fourth-order valence-corrected chi connectivity index (χ4v) is 6.26. The normalized spacial score (nSPS) is 18.4. The minimum absolute atomic E-state index is 0.0865. The fraction of sp³-hybridized carbons (Fsp3) is 0.864. The Bertz CT molecular complexity index is 481. The van der Waals surface area contributed by atoms with E-state index in [9.17, 15) is 14.5 Å². The third-order valence-electron chi connectivity index (χ3n) is 5.49. The van der Waals surface area contributed by atoms with Crippen molar-refractivity contribution in [2.45, 2.75) is 97.3 Å². The van der Waals surface area contributed by atoms with E-state index in [2.05, 4.69) is 6.92 Å². The lowest BCUT2D eigenvalue weighted by molar-refractivity contribution is -0.132. The van der Waals surface area contributed by atoms with Crippen LogP contribution in [0.15, 0.2) is 11.6 Å². The average molecular weight is 401 g/mol. The van der Waals surface area contributed by atoms with Crippen LogP contribution in [0.4, 0.5) is 0 Å². The van der Waals surface area contributed by atoms with Crippen molar-refractivity contribution in [2.24, 2.45) is 5.92 Å². The summed E-state index contributed by atoms with van der Waals surface area (Å²) in [7, 11) is -2.91. The molecule has 1 aliphatic rings. The first-order chi connectivity index (χ1) is 13.0. The summed E-state index contributed by atoms with van der Waals surface area (Å²) in [4.78, 5) is 11.7. The molecule has 1 aliphatic carbocycles. The molecule has 5 heteroatoms. The molecule has 0 radical (unpaired) electrons. The Morgan fingerprint density at radius 3 is 2.15 bits per heavy atom. The Morgan fingerprint density at radius 2 is 1.59 bits per heavy atom. The summed E-state index contributed by atoms with van der Waals surface area (Å²) >= 11 is 0. The molecule has 0 spiro atoms. The summed E-state index contributed by atoms with van der Waals surface area (Å²) in [5.41, 5.74) is 0.304. The van der Waals surface area contributed by atoms with Crippen LogP contribution in [0.5, 0.6) is 0 Å². The minimum atomic E-state index is -2.91. The maximum absolute atomic E-state index is 13.2. The van der Waals surface area contributed by atoms with Crippen LogP contribution in [0.25, 0.3) is 0 Å². The van der Waals surface area contributed by atoms with Gasteiger partial charge in [-0.3, -0.25) is 4.57 Å². The molecule has 1 atom stereocenters. The highest BCUT2D eigenvalue weighted by Gasteiger charge is 2.27. The van der Waals surface area contributed by atoms with Crippen molar-refractivity contribution in [1.29, 1.82) is 0 Å². The summed E-state index contributed by atoms with van der Waals surface area (Å²) in [6.45, 7) is 4.44. The number of rotatable bonds is 15. The second-order valence-corrected chi connectivity index (χ2v) is 10.6. The largest absolute Gasteiger partial charge is 0.478 e. The molecule has 0 heterocycles. The van der Waals surface area contributed by atoms with Gasteiger partial charge in [0.15, 0.2) is 0 Å². The van der Waals surface area contributed by atoms with E-state index in [0.717, 1.165) is 38.5 Å². The lowest BCUT2D eigenvalue weighted by Gasteiger charge is -2.21. The minimum Gasteiger partial charge on any atom is -0.478 e. The van der Waals surface area contributed by atoms with Gasteiger partial charge < -0.3 is 9.63 Å². The van der Waals surface area contributed by atoms with Crippen molar-refractivity contribution in [1.82, 2.24) is 0 Å². The number of allylic oxidation sites excluding steroid dienone is 1. The van der Waals surface area contributed by atoms with Crippen LogP contribution in [0.3, 0.4) is 0 Å². The van der Waals surface area contributed by atoms with Gasteiger partial charge in [0, 0.05) is 11.7 Å². The quantitative estimate of drug-likeness (QED) is 0.182. The molecular formula is C22H41O4P. The van der Waals surface area contributed by atoms with E-state index in [4.69, 9.17) is 4.52 Å². The molecule has 158 valence electrons. The first-order valence-electron chi connectivity index (χ1n) is 11.2. The van der Waals surface area contributed by atoms with E-state index < -0.39 is 13.3 Å². The number of carboxylic acids is 1. The molecule has 0 aromatic rings. The van der Waals surface area contributed by atoms with Gasteiger partial charge in [0.25, 0.3) is 0 Å². The van der Waals surface area contributed by atoms with Crippen molar-refractivity contribution in [3.8, 4) is 0 Å². The molecule has 1 unspecified atom stereocenters. The van der Waals surface area contributed by atoms with Crippen molar-refractivity contribution < 1.29 is 19.0 Å². The van der Waals surface area contributed by atoms with Crippen LogP contribution in [0.1, 0.15) is 97.3 Å². The highest BCUT2D eigenvalue weighted by Crippen LogP contribution is 2.49. The molecule has 0 aromatic carbocycles. The molecule has 0 saturated heterocycles. The average Bonchev–Trinajstić information content (AvgIpc) is 2.64. The van der Waals surface area contributed by atoms with E-state index in [0.29, 0.717) is 24.3 Å². The highest BCUT2D eigenvalue weighted by atomic mass is 31.2. The van der Waals surface area contributed by atoms with Gasteiger partial charge in [0.2, 0.25) is 7.37 Å². The molecule has 1 saturated carbocycles. The zero-order valence-electron chi connectivity index (χ0n) is 17.6. The standard InChI is InChI=1S/C22H41O4P/c1-3-5-6-7-8-9-10-14-17-27(25,26-4-2)19-21(22(23)24)18-20-15-12-11-13-16-20/h18,20H,3-17,19H2,1-2H3,(H,23,24)/b21-18-. The SMILES string of the molecule is CCCCCCCCCCP(=O)(C/C(=C/C1CCCCC1)C(=O)O)OCC. The number of carbonyl (C=O) groups is 1. The Hall–Kier alpha value is -0.600. The lowest BCUT2D eigenvalue weighted by atomic mass is 9.88. The number of carboxylic acid groups (broad SMARTS) is 1. The van der Waals surface area contributed by atoms with Crippen molar-refractivity contribution in [3.05, 3.63) is 11.6 Å². The van der Waals surface area contributed by atoms with E-state index in [-0.39, 0.29) is 6.16 Å². The molecule has 0 aliphatic heterocycles. The van der Waals surface area contributed by atoms with Crippen LogP contribution >= 0.6 is 7.37 Å². The Morgan fingerprint density at radius 1 is 1.00 bits per heavy atom. The lowest BCUT2D eigenvalue weighted by Crippen LogP contribution is -2.13. The van der Waals surface area contributed by atoms with E-state index in [1.165, 1.54) is 44.9 Å². The molecule has 1 N–H and O–H groups in total. The zero-order chi connectivity index (χ0) is 20.0. The highest BCUT2D eigenvalue weighted by molar-refractivity contribution is 7.59. The second-order valence-electron chi connectivity index (χ2n) is 7.98. The van der Waals surface area contributed by atoms with Gasteiger partial charge in [-0.2, -0.15) is 0 Å². The summed E-state index contributed by atoms with van der Waals surface area (Å²) in [6.07, 6.45) is 17.6. The molecule has 0 amide bonds. The van der Waals surface area contributed by atoms with E-state index in [1.807, 2.05) is 13.0 Å². The second kappa shape index (κ2) is 14.4. The van der Waals surface area contributed by atoms with Gasteiger partial charge in [-0.15, -0.1) is 0 Å². The van der Waals surface area contributed by atoms with Gasteiger partial charge >= 0.3 is 5.97 Å². The number of hydrogen-bond acceptors (Lipinski definition) is 3. The van der Waals surface area contributed by atoms with Crippen LogP contribution in [-0.2, 0) is 13.9 Å². The third kappa shape index (κ3) is 11.1. The van der Waals surface area contributed by atoms with Crippen LogP contribution < -0.4 is 0 Å². The van der Waals surface area contributed by atoms with Crippen LogP contribution in [-0.4, -0.2) is 30.0 Å². The topological polar surface area (TPSA) is 63.6 Å². The van der Waals surface area contributed by atoms with Crippen molar-refractivity contribution in [3.63, 3.8) is 0 Å². The number of aliphatic carboxylic acids is 1. The number of unbranched alkanes of at least 4 members (excludes halogenated alkanes) is 7. The number of hydrogen-bond donors (Lipinski definition) is 1. The summed E-state index contributed by atoms with van der Waals surface area (Å²) < 4.78 is 18.8. The van der Waals surface area contributed by atoms with Gasteiger partial charge in [0.1, 0.15) is 0 Å². The molecule has 1 rings (SSSR count). The first kappa shape index (κ1) is 24.4. The maximum Gasteiger partial charge on any atom is 0.331 e. The molecule has 4 nitrogen and oxygen atoms in total. The Balaban J connectivity index is 2.50. The maximum atomic E-state index is 13.2. The third-order valence-corrected chi connectivity index (χ3v) is 8.04. The fourth-order valence-electron chi connectivity index (χ4n) is 3.95. The van der Waals surface area contributed by atoms with Gasteiger partial charge in [-0.25, -0.2) is 4.79 Å². The molecule has 1 fully saturated rings.